The van der Waals surface area contributed by atoms with Gasteiger partial charge in [-0.1, -0.05) is 13.8 Å². The van der Waals surface area contributed by atoms with Crippen molar-refractivity contribution in [1.82, 2.24) is 19.5 Å². The van der Waals surface area contributed by atoms with E-state index < -0.39 is 6.17 Å². The minimum atomic E-state index is -0.775. The Morgan fingerprint density at radius 1 is 1.03 bits per heavy atom. The fraction of sp³-hybridized carbons (Fsp3) is 0.379. The van der Waals surface area contributed by atoms with E-state index >= 15 is 0 Å². The first-order valence-corrected chi connectivity index (χ1v) is 13.3. The van der Waals surface area contributed by atoms with E-state index in [-0.39, 0.29) is 17.7 Å². The van der Waals surface area contributed by atoms with E-state index in [1.807, 2.05) is 35.0 Å². The second-order valence-corrected chi connectivity index (χ2v) is 10.3. The maximum atomic E-state index is 14.6. The third-order valence-corrected chi connectivity index (χ3v) is 8.26. The number of aldehydes is 1. The summed E-state index contributed by atoms with van der Waals surface area (Å²) in [7, 11) is 1.89. The van der Waals surface area contributed by atoms with Crippen LogP contribution in [0.2, 0.25) is 0 Å². The van der Waals surface area contributed by atoms with Crippen LogP contribution in [-0.2, 0) is 11.8 Å². The Kier molecular flexibility index (Phi) is 6.18. The van der Waals surface area contributed by atoms with Gasteiger partial charge in [-0.25, -0.2) is 8.78 Å². The van der Waals surface area contributed by atoms with Crippen molar-refractivity contribution in [3.63, 3.8) is 0 Å². The van der Waals surface area contributed by atoms with E-state index in [1.165, 1.54) is 24.3 Å². The predicted octanol–water partition coefficient (Wildman–Crippen LogP) is 5.14. The molecular weight excluding hydrogens is 486 g/mol. The zero-order valence-electron chi connectivity index (χ0n) is 21.9. The maximum Gasteiger partial charge on any atom is 0.177 e. The summed E-state index contributed by atoms with van der Waals surface area (Å²) in [6, 6.07) is 10.2. The second kappa shape index (κ2) is 9.54. The average Bonchev–Trinajstić information content (AvgIpc) is 3.69. The van der Waals surface area contributed by atoms with Crippen molar-refractivity contribution in [1.29, 1.82) is 0 Å². The summed E-state index contributed by atoms with van der Waals surface area (Å²) in [5.41, 5.74) is 6.08. The predicted molar refractivity (Wildman–Crippen MR) is 146 cm³/mol. The lowest BCUT2D eigenvalue weighted by molar-refractivity contribution is -0.109. The Morgan fingerprint density at radius 2 is 1.74 bits per heavy atom. The van der Waals surface area contributed by atoms with E-state index in [0.717, 1.165) is 49.7 Å². The number of hydrogen-bond acceptors (Lipinski definition) is 5. The van der Waals surface area contributed by atoms with Gasteiger partial charge in [0.2, 0.25) is 0 Å². The lowest BCUT2D eigenvalue weighted by atomic mass is 10.1. The van der Waals surface area contributed by atoms with E-state index in [4.69, 9.17) is 0 Å². The van der Waals surface area contributed by atoms with Gasteiger partial charge >= 0.3 is 0 Å². The Labute approximate surface area is 220 Å². The zero-order chi connectivity index (χ0) is 26.6. The smallest absolute Gasteiger partial charge is 0.177 e. The van der Waals surface area contributed by atoms with Gasteiger partial charge < -0.3 is 14.0 Å². The van der Waals surface area contributed by atoms with Crippen molar-refractivity contribution in [3.8, 4) is 0 Å². The number of aromatic nitrogens is 2. The van der Waals surface area contributed by atoms with Crippen LogP contribution in [0.3, 0.4) is 0 Å². The Morgan fingerprint density at radius 3 is 2.45 bits per heavy atom. The summed E-state index contributed by atoms with van der Waals surface area (Å²) in [6.45, 7) is 6.43. The number of carbonyl (C=O) groups excluding carboxylic acids is 1. The summed E-state index contributed by atoms with van der Waals surface area (Å²) >= 11 is 0. The highest BCUT2D eigenvalue weighted by Gasteiger charge is 2.36. The molecule has 1 saturated carbocycles. The van der Waals surface area contributed by atoms with Crippen LogP contribution in [0.1, 0.15) is 44.7 Å². The molecule has 9 heteroatoms. The maximum absolute atomic E-state index is 14.6. The number of benzene rings is 2. The van der Waals surface area contributed by atoms with Gasteiger partial charge in [0, 0.05) is 53.4 Å². The summed E-state index contributed by atoms with van der Waals surface area (Å²) in [6.07, 6.45) is 7.08. The molecule has 1 fully saturated rings. The number of carbonyl (C=O) groups is 1. The zero-order valence-corrected chi connectivity index (χ0v) is 21.9. The molecule has 6 rings (SSSR count). The first kappa shape index (κ1) is 24.6. The number of hydrazone groups is 1. The van der Waals surface area contributed by atoms with Crippen molar-refractivity contribution in [2.24, 2.45) is 12.1 Å². The molecule has 198 valence electrons. The molecule has 0 saturated heterocycles. The number of aryl methyl sites for hydroxylation is 1. The van der Waals surface area contributed by atoms with Crippen molar-refractivity contribution < 1.29 is 13.6 Å². The van der Waals surface area contributed by atoms with Gasteiger partial charge in [-0.05, 0) is 68.8 Å². The molecule has 4 aromatic rings. The van der Waals surface area contributed by atoms with Crippen molar-refractivity contribution >= 4 is 39.6 Å². The van der Waals surface area contributed by atoms with Gasteiger partial charge in [0.05, 0.1) is 11.2 Å². The number of hydrogen-bond donors (Lipinski definition) is 1. The van der Waals surface area contributed by atoms with E-state index in [2.05, 4.69) is 33.8 Å². The third-order valence-electron chi connectivity index (χ3n) is 8.26. The van der Waals surface area contributed by atoms with Crippen LogP contribution in [0, 0.1) is 11.6 Å². The van der Waals surface area contributed by atoms with Crippen LogP contribution in [0.5, 0.6) is 0 Å². The molecule has 0 unspecified atom stereocenters. The van der Waals surface area contributed by atoms with E-state index in [1.54, 1.807) is 6.07 Å². The quantitative estimate of drug-likeness (QED) is 0.344. The third kappa shape index (κ3) is 3.88. The van der Waals surface area contributed by atoms with Crippen molar-refractivity contribution in [2.75, 3.05) is 18.0 Å². The van der Waals surface area contributed by atoms with Crippen LogP contribution in [0.4, 0.5) is 14.5 Å². The molecule has 7 nitrogen and oxygen atoms in total. The highest BCUT2D eigenvalue weighted by molar-refractivity contribution is 6.21. The van der Waals surface area contributed by atoms with Gasteiger partial charge in [0.1, 0.15) is 11.6 Å². The van der Waals surface area contributed by atoms with Gasteiger partial charge in [-0.2, -0.15) is 5.10 Å². The number of rotatable bonds is 7. The number of fused-ring (bicyclic) bond motifs is 2. The first-order chi connectivity index (χ1) is 18.4. The Balaban J connectivity index is 1.47. The van der Waals surface area contributed by atoms with Gasteiger partial charge in [0.25, 0.3) is 0 Å². The molecule has 0 radical (unpaired) electrons. The summed E-state index contributed by atoms with van der Waals surface area (Å²) < 4.78 is 33.0. The van der Waals surface area contributed by atoms with Gasteiger partial charge in [0.15, 0.2) is 18.3 Å². The van der Waals surface area contributed by atoms with Crippen molar-refractivity contribution in [3.05, 3.63) is 66.0 Å². The molecule has 0 amide bonds. The molecule has 2 aromatic heterocycles. The number of nitrogens with zero attached hydrogens (tertiary/aromatic N) is 5. The highest BCUT2D eigenvalue weighted by atomic mass is 19.1. The second-order valence-electron chi connectivity index (χ2n) is 10.3. The molecule has 38 heavy (non-hydrogen) atoms. The standard InChI is InChI=1S/C29H32F2N6O/c1-4-35(5-2)20-8-9-21(14-20)36-16-27(23-13-19(31)7-11-26(23)36)37-28(17-38)32-33-29(37)24-15-34(3)25-10-6-18(30)12-22(24)25/h6-7,10-13,15-17,20-21,28,32H,4-5,8-9,14H2,1-3H3/t20-,21-,28+/m0/s1. The van der Waals surface area contributed by atoms with Gasteiger partial charge in [-0.3, -0.25) is 15.1 Å². The fourth-order valence-electron chi connectivity index (χ4n) is 6.42. The van der Waals surface area contributed by atoms with Crippen LogP contribution in [-0.4, -0.2) is 51.5 Å². The summed E-state index contributed by atoms with van der Waals surface area (Å²) in [4.78, 5) is 16.5. The summed E-state index contributed by atoms with van der Waals surface area (Å²) in [5.74, 6) is -0.198. The largest absolute Gasteiger partial charge is 0.350 e. The number of halogens is 2. The monoisotopic (exact) mass is 518 g/mol. The molecule has 2 aromatic carbocycles. The van der Waals surface area contributed by atoms with E-state index in [9.17, 15) is 13.6 Å². The molecule has 1 aliphatic heterocycles. The van der Waals surface area contributed by atoms with Crippen LogP contribution in [0.25, 0.3) is 21.8 Å². The van der Waals surface area contributed by atoms with E-state index in [0.29, 0.717) is 33.9 Å². The minimum absolute atomic E-state index is 0.264. The average molecular weight is 519 g/mol. The molecule has 3 atom stereocenters. The first-order valence-electron chi connectivity index (χ1n) is 13.3. The number of anilines is 1. The molecular formula is C29H32F2N6O. The molecule has 0 spiro atoms. The van der Waals surface area contributed by atoms with Crippen molar-refractivity contribution in [2.45, 2.75) is 51.4 Å². The highest BCUT2D eigenvalue weighted by Crippen LogP contribution is 2.41. The topological polar surface area (TPSA) is 57.8 Å². The van der Waals surface area contributed by atoms with Crippen LogP contribution in [0.15, 0.2) is 53.9 Å². The molecule has 3 heterocycles. The number of amidine groups is 1. The summed E-state index contributed by atoms with van der Waals surface area (Å²) in [5, 5.41) is 5.92. The lowest BCUT2D eigenvalue weighted by Gasteiger charge is -2.26. The molecule has 0 bridgehead atoms. The number of nitrogens with one attached hydrogen (secondary N) is 1. The fourth-order valence-corrected chi connectivity index (χ4v) is 6.42. The minimum Gasteiger partial charge on any atom is -0.350 e. The SMILES string of the molecule is CCN(CC)[C@H]1CC[C@H](n2cc(N3C(c4cn(C)c5ccc(F)cc45)=NN[C@H]3C=O)c3cc(F)ccc32)C1. The van der Waals surface area contributed by atoms with Crippen LogP contribution < -0.4 is 10.3 Å². The molecule has 1 aliphatic carbocycles. The normalized spacial score (nSPS) is 21.6. The molecule has 1 N–H and O–H groups in total. The Hall–Kier alpha value is -3.72. The van der Waals surface area contributed by atoms with Crippen LogP contribution >= 0.6 is 0 Å². The Bertz CT molecular complexity index is 1550. The lowest BCUT2D eigenvalue weighted by Crippen LogP contribution is -2.41. The molecule has 2 aliphatic rings. The van der Waals surface area contributed by atoms with Gasteiger partial charge in [-0.15, -0.1) is 0 Å².